The fourth-order valence-corrected chi connectivity index (χ4v) is 21.0. The zero-order valence-electron chi connectivity index (χ0n) is 67.7. The maximum Gasteiger partial charge on any atom is 1.00 e. The number of ether oxygens (including phenoxy) is 2. The minimum Gasteiger partial charge on any atom is -0.870 e. The third kappa shape index (κ3) is 21.4. The summed E-state index contributed by atoms with van der Waals surface area (Å²) in [5.41, 5.74) is 6.96. The van der Waals surface area contributed by atoms with Crippen LogP contribution in [-0.4, -0.2) is 146 Å². The number of rotatable bonds is 8. The quantitative estimate of drug-likeness (QED) is 0.0504. The number of aliphatic carboxylic acids is 1. The molecule has 0 fully saturated rings. The minimum absolute atomic E-state index is 0. The fourth-order valence-electron chi connectivity index (χ4n) is 13.2. The fraction of sp³-hybridized carbons (Fsp3) is 0.135. The Bertz CT molecular complexity index is 6840. The molecule has 666 valence electrons. The van der Waals surface area contributed by atoms with Crippen LogP contribution in [0.25, 0.3) is 5.13 Å². The zero-order valence-corrected chi connectivity index (χ0v) is 72.6. The van der Waals surface area contributed by atoms with E-state index in [0.29, 0.717) is 55.5 Å². The Balaban J connectivity index is 0.000000246. The van der Waals surface area contributed by atoms with Gasteiger partial charge in [-0.05, 0) is 184 Å². The van der Waals surface area contributed by atoms with Crippen molar-refractivity contribution in [3.05, 3.63) is 295 Å². The standard InChI is InChI=1S/C22H17N5O4S2.C16H13NO5S.C16H13NO3S.C15H11NO5S.C15H11NO3S.C2H4O2.3CH4.Li.2H2O/c1-13-15(20(28)24-10-14-11-25-27(12-14)22-23-8-9-32-22)6-7-18-19(13)26-21(29)16-4-2-3-5-17(16)33(18,30)31;1-9-10(16(19)22-2)7-8-13-14(9)17-15(18)11-5-3-4-6-12(11)23(13,20)21;1-9-10(16(19)20-2)7-8-13-14(9)17-15(18)11-5-3-4-6-12(11)21-13;1-8-9(15(18)19)6-7-12-13(8)16-14(17)10-4-2-3-5-11(10)22(12,20)21;1-8-9(15(18)19)6-7-12-13(8)16-14(17)10-4-2-3-5-11(10)20-12;1-2(3)4;;;;;;/h2-9,11-12H,10H2,1H3,(H,24,28)(H,26,29);3-8H,1-2H3,(H,17,18);3-8H,1-2H3,(H,17,18);2-7H,1H3,(H,16,17)(H,18,19);2-7H,1H3,(H,16,17)(H,18,19);1H3,(H,3,4);3*1H4;;2*1H2/q;;;;;;;;;+1;;/p-1. The molecule has 0 atom stereocenters. The number of carbonyl (C=O) groups excluding carboxylic acids is 8. The van der Waals surface area contributed by atoms with Crippen molar-refractivity contribution in [1.29, 1.82) is 0 Å². The second-order valence-corrected chi connectivity index (χ2v) is 35.6. The van der Waals surface area contributed by atoms with Gasteiger partial charge in [0.15, 0.2) is 0 Å². The number of esters is 2. The SMILES string of the molecule is C.C.C.CC(=O)O.COC(=O)c1ccc2c(c1C)NC(=O)c1ccccc1S2.COC(=O)c1ccc2c(c1C)NC(=O)c1ccccc1S2(=O)=O.Cc1c(C(=O)NCc2cnn(-c3nccs3)c2)ccc2c1NC(=O)c1ccccc1S2(=O)=O.Cc1c(C(=O)O)ccc2c1NC(=O)c1ccccc1S2.Cc1c(C(=O)O)ccc2c1NC(=O)c1ccccc1S2(=O)=O.O.[Li+].[OH-]. The third-order valence-electron chi connectivity index (χ3n) is 19.4. The predicted octanol–water partition coefficient (Wildman–Crippen LogP) is 12.1. The topological polar surface area (TPSA) is 534 Å². The first kappa shape index (κ1) is 104. The maximum absolute atomic E-state index is 13.2. The van der Waals surface area contributed by atoms with Crippen LogP contribution in [0.2, 0.25) is 0 Å². The molecule has 6 amide bonds. The molecule has 0 radical (unpaired) electrons. The molecule has 129 heavy (non-hydrogen) atoms. The second kappa shape index (κ2) is 43.2. The van der Waals surface area contributed by atoms with Gasteiger partial charge < -0.3 is 67.6 Å². The van der Waals surface area contributed by atoms with E-state index in [1.807, 2.05) is 54.8 Å². The second-order valence-electron chi connectivity index (χ2n) is 26.9. The summed E-state index contributed by atoms with van der Waals surface area (Å²) in [6.45, 7) is 9.46. The first-order valence-electron chi connectivity index (χ1n) is 36.4. The van der Waals surface area contributed by atoms with Crippen LogP contribution in [0.1, 0.15) is 166 Å². The summed E-state index contributed by atoms with van der Waals surface area (Å²) in [6.07, 6.45) is 5.09. The molecule has 0 unspecified atom stereocenters. The summed E-state index contributed by atoms with van der Waals surface area (Å²) in [5, 5.41) is 48.8. The number of sulfone groups is 3. The predicted molar refractivity (Wildman–Crippen MR) is 479 cm³/mol. The number of aromatic carboxylic acids is 2. The van der Waals surface area contributed by atoms with E-state index in [2.05, 4.69) is 46.7 Å². The number of carboxylic acids is 3. The van der Waals surface area contributed by atoms with E-state index in [0.717, 1.165) is 32.1 Å². The summed E-state index contributed by atoms with van der Waals surface area (Å²) in [5.74, 6) is -6.44. The number of thiazole rings is 1. The summed E-state index contributed by atoms with van der Waals surface area (Å²) in [4.78, 5) is 137. The van der Waals surface area contributed by atoms with Gasteiger partial charge in [-0.1, -0.05) is 106 Å². The van der Waals surface area contributed by atoms with E-state index in [1.54, 1.807) is 105 Å². The number of hydrogen-bond acceptors (Lipinski definition) is 25. The molecule has 5 aliphatic rings. The van der Waals surface area contributed by atoms with Crippen molar-refractivity contribution in [2.45, 2.75) is 119 Å². The first-order chi connectivity index (χ1) is 58.5. The average Bonchev–Trinajstić information content (AvgIpc) is 1.65. The largest absolute Gasteiger partial charge is 1.00 e. The van der Waals surface area contributed by atoms with Crippen molar-refractivity contribution < 1.29 is 133 Å². The number of nitrogens with zero attached hydrogens (tertiary/aromatic N) is 3. The summed E-state index contributed by atoms with van der Waals surface area (Å²) < 4.78 is 88.7. The van der Waals surface area contributed by atoms with Crippen LogP contribution in [0.5, 0.6) is 0 Å². The van der Waals surface area contributed by atoms with Crippen molar-refractivity contribution in [3.63, 3.8) is 0 Å². The normalized spacial score (nSPS) is 13.1. The molecule has 40 heteroatoms. The zero-order chi connectivity index (χ0) is 88.8. The molecular formula is C89H84LiN9O24S6. The molecule has 10 aromatic carbocycles. The maximum atomic E-state index is 13.2. The van der Waals surface area contributed by atoms with Crippen LogP contribution in [0, 0.1) is 34.6 Å². The van der Waals surface area contributed by atoms with Crippen LogP contribution in [0.15, 0.2) is 255 Å². The average molecular weight is 1860 g/mol. The summed E-state index contributed by atoms with van der Waals surface area (Å²) >= 11 is 4.42. The van der Waals surface area contributed by atoms with Gasteiger partial charge in [0, 0.05) is 62.0 Å². The summed E-state index contributed by atoms with van der Waals surface area (Å²) in [6, 6.07) is 47.5. The molecule has 17 rings (SSSR count). The van der Waals surface area contributed by atoms with Crippen LogP contribution >= 0.6 is 34.9 Å². The minimum atomic E-state index is -3.94. The summed E-state index contributed by atoms with van der Waals surface area (Å²) in [7, 11) is -9.15. The van der Waals surface area contributed by atoms with Crippen molar-refractivity contribution in [1.82, 2.24) is 20.1 Å². The van der Waals surface area contributed by atoms with Gasteiger partial charge in [0.05, 0.1) is 128 Å². The number of fused-ring (bicyclic) bond motifs is 10. The van der Waals surface area contributed by atoms with Crippen molar-refractivity contribution in [2.75, 3.05) is 40.8 Å². The van der Waals surface area contributed by atoms with Crippen molar-refractivity contribution in [2.24, 2.45) is 0 Å². The number of hydrogen-bond donors (Lipinski definition) is 9. The molecule has 0 bridgehead atoms. The van der Waals surface area contributed by atoms with Gasteiger partial charge in [0.1, 0.15) is 0 Å². The van der Waals surface area contributed by atoms with E-state index in [-0.39, 0.29) is 161 Å². The molecule has 5 aliphatic heterocycles. The van der Waals surface area contributed by atoms with Gasteiger partial charge in [0.25, 0.3) is 41.4 Å². The van der Waals surface area contributed by atoms with Gasteiger partial charge >= 0.3 is 42.7 Å². The van der Waals surface area contributed by atoms with E-state index < -0.39 is 83.0 Å². The molecule has 12 aromatic rings. The number of amides is 6. The van der Waals surface area contributed by atoms with Gasteiger partial charge in [-0.15, -0.1) is 11.3 Å². The van der Waals surface area contributed by atoms with Crippen LogP contribution < -0.4 is 50.8 Å². The van der Waals surface area contributed by atoms with Crippen LogP contribution in [0.4, 0.5) is 28.4 Å². The molecule has 0 aliphatic carbocycles. The number of anilines is 5. The number of aromatic nitrogens is 3. The number of methoxy groups -OCH3 is 2. The molecule has 2 aromatic heterocycles. The number of nitrogens with one attached hydrogen (secondary N) is 6. The number of carboxylic acid groups (broad SMARTS) is 3. The van der Waals surface area contributed by atoms with Crippen LogP contribution in [-0.2, 0) is 50.3 Å². The van der Waals surface area contributed by atoms with Gasteiger partial charge in [-0.2, -0.15) is 5.10 Å². The van der Waals surface area contributed by atoms with E-state index in [4.69, 9.17) is 24.9 Å². The molecule has 12 N–H and O–H groups in total. The van der Waals surface area contributed by atoms with E-state index in [9.17, 15) is 73.2 Å². The van der Waals surface area contributed by atoms with Gasteiger partial charge in [-0.25, -0.2) is 54.1 Å². The smallest absolute Gasteiger partial charge is 0.870 e. The first-order valence-corrected chi connectivity index (χ1v) is 43.3. The Kier molecular flexibility index (Phi) is 34.8. The number of carbonyl (C=O) groups is 11. The molecule has 0 saturated carbocycles. The Hall–Kier alpha value is -13.7. The van der Waals surface area contributed by atoms with Crippen molar-refractivity contribution >= 4 is 158 Å². The molecule has 33 nitrogen and oxygen atoms in total. The van der Waals surface area contributed by atoms with E-state index in [1.165, 1.54) is 135 Å². The third-order valence-corrected chi connectivity index (χ3v) is 28.0. The van der Waals surface area contributed by atoms with Crippen molar-refractivity contribution in [3.8, 4) is 5.13 Å². The Labute approximate surface area is 765 Å². The van der Waals surface area contributed by atoms with E-state index >= 15 is 0 Å². The monoisotopic (exact) mass is 1860 g/mol. The van der Waals surface area contributed by atoms with Crippen LogP contribution in [0.3, 0.4) is 0 Å². The molecule has 0 saturated heterocycles. The Morgan fingerprint density at radius 3 is 1.09 bits per heavy atom. The number of benzene rings is 10. The Morgan fingerprint density at radius 1 is 0.419 bits per heavy atom. The molecule has 7 heterocycles. The van der Waals surface area contributed by atoms with Gasteiger partial charge in [0.2, 0.25) is 34.6 Å². The van der Waals surface area contributed by atoms with Gasteiger partial charge in [-0.3, -0.25) is 33.6 Å². The molecular weight excluding hydrogens is 1780 g/mol. The molecule has 0 spiro atoms. The Morgan fingerprint density at radius 2 is 0.721 bits per heavy atom.